The normalized spacial score (nSPS) is 11.6. The summed E-state index contributed by atoms with van der Waals surface area (Å²) in [6.07, 6.45) is 3.15. The van der Waals surface area contributed by atoms with Gasteiger partial charge in [0, 0.05) is 17.9 Å². The average molecular weight is 271 g/mol. The maximum atomic E-state index is 11.2. The van der Waals surface area contributed by atoms with Gasteiger partial charge >= 0.3 is 5.97 Å². The van der Waals surface area contributed by atoms with Gasteiger partial charge in [0.2, 0.25) is 5.91 Å². The van der Waals surface area contributed by atoms with Crippen LogP contribution in [0.1, 0.15) is 12.8 Å². The van der Waals surface area contributed by atoms with E-state index in [0.717, 1.165) is 0 Å². The molecule has 0 fully saturated rings. The number of azide groups is 1. The standard InChI is InChI=1S/C10H17N5O4/c11-8(10(17)18)3-6-19-7-5-13-9(16)2-1-4-14-15-12/h3,6,8H,1-2,4-5,7,11H2,(H,13,16)(H,17,18)/b6-3+. The second kappa shape index (κ2) is 10.9. The Balaban J connectivity index is 3.50. The minimum atomic E-state index is -1.15. The molecule has 0 aliphatic rings. The molecule has 0 spiro atoms. The summed E-state index contributed by atoms with van der Waals surface area (Å²) in [6.45, 7) is 0.800. The molecule has 0 bridgehead atoms. The van der Waals surface area contributed by atoms with Crippen molar-refractivity contribution in [2.45, 2.75) is 18.9 Å². The Bertz CT molecular complexity index is 365. The Morgan fingerprint density at radius 2 is 2.32 bits per heavy atom. The van der Waals surface area contributed by atoms with Gasteiger partial charge in [-0.15, -0.1) is 0 Å². The van der Waals surface area contributed by atoms with Crippen LogP contribution in [0.2, 0.25) is 0 Å². The third kappa shape index (κ3) is 10.6. The summed E-state index contributed by atoms with van der Waals surface area (Å²) in [5.41, 5.74) is 13.2. The van der Waals surface area contributed by atoms with Crippen molar-refractivity contribution in [3.8, 4) is 0 Å². The molecule has 1 amide bonds. The van der Waals surface area contributed by atoms with E-state index in [4.69, 9.17) is 21.1 Å². The van der Waals surface area contributed by atoms with E-state index in [1.807, 2.05) is 0 Å². The van der Waals surface area contributed by atoms with Crippen LogP contribution in [0, 0.1) is 0 Å². The van der Waals surface area contributed by atoms with Crippen LogP contribution in [-0.4, -0.2) is 42.7 Å². The van der Waals surface area contributed by atoms with Gasteiger partial charge in [-0.05, 0) is 18.0 Å². The quantitative estimate of drug-likeness (QED) is 0.170. The van der Waals surface area contributed by atoms with Gasteiger partial charge in [0.25, 0.3) is 0 Å². The van der Waals surface area contributed by atoms with E-state index in [9.17, 15) is 9.59 Å². The predicted molar refractivity (Wildman–Crippen MR) is 67.0 cm³/mol. The Morgan fingerprint density at radius 1 is 1.58 bits per heavy atom. The molecule has 0 radical (unpaired) electrons. The monoisotopic (exact) mass is 271 g/mol. The maximum absolute atomic E-state index is 11.2. The van der Waals surface area contributed by atoms with E-state index in [1.54, 1.807) is 0 Å². The fourth-order valence-corrected chi connectivity index (χ4v) is 0.983. The van der Waals surface area contributed by atoms with Crippen LogP contribution in [0.5, 0.6) is 0 Å². The van der Waals surface area contributed by atoms with Gasteiger partial charge in [-0.25, -0.2) is 0 Å². The van der Waals surface area contributed by atoms with Crippen molar-refractivity contribution < 1.29 is 19.4 Å². The van der Waals surface area contributed by atoms with Gasteiger partial charge in [-0.2, -0.15) is 0 Å². The Labute approximate surface area is 110 Å². The van der Waals surface area contributed by atoms with Crippen molar-refractivity contribution in [2.75, 3.05) is 19.7 Å². The molecule has 0 saturated heterocycles. The molecule has 19 heavy (non-hydrogen) atoms. The summed E-state index contributed by atoms with van der Waals surface area (Å²) in [7, 11) is 0. The third-order valence-corrected chi connectivity index (χ3v) is 1.93. The van der Waals surface area contributed by atoms with Crippen molar-refractivity contribution in [2.24, 2.45) is 10.8 Å². The number of carboxylic acid groups (broad SMARTS) is 1. The number of carbonyl (C=O) groups is 2. The molecule has 0 aliphatic heterocycles. The number of nitrogens with two attached hydrogens (primary N) is 1. The van der Waals surface area contributed by atoms with Crippen LogP contribution in [-0.2, 0) is 14.3 Å². The van der Waals surface area contributed by atoms with E-state index in [2.05, 4.69) is 15.3 Å². The lowest BCUT2D eigenvalue weighted by atomic mass is 10.3. The molecule has 1 atom stereocenters. The van der Waals surface area contributed by atoms with Crippen molar-refractivity contribution in [3.05, 3.63) is 22.8 Å². The molecule has 0 aromatic heterocycles. The Kier molecular flexibility index (Phi) is 9.59. The SMILES string of the molecule is [N-]=[N+]=NCCCC(=O)NCCO/C=C/C(N)C(=O)O. The fourth-order valence-electron chi connectivity index (χ4n) is 0.983. The maximum Gasteiger partial charge on any atom is 0.324 e. The number of hydrogen-bond donors (Lipinski definition) is 3. The van der Waals surface area contributed by atoms with Crippen molar-refractivity contribution in [3.63, 3.8) is 0 Å². The molecule has 0 rings (SSSR count). The third-order valence-electron chi connectivity index (χ3n) is 1.93. The van der Waals surface area contributed by atoms with Gasteiger partial charge < -0.3 is 20.9 Å². The van der Waals surface area contributed by atoms with E-state index in [1.165, 1.54) is 12.3 Å². The topological polar surface area (TPSA) is 150 Å². The highest BCUT2D eigenvalue weighted by molar-refractivity contribution is 5.76. The molecular weight excluding hydrogens is 254 g/mol. The molecule has 0 aromatic rings. The molecule has 0 aromatic carbocycles. The number of amides is 1. The fraction of sp³-hybridized carbons (Fsp3) is 0.600. The van der Waals surface area contributed by atoms with Crippen LogP contribution in [0.3, 0.4) is 0 Å². The number of nitrogens with one attached hydrogen (secondary N) is 1. The second-order valence-electron chi connectivity index (χ2n) is 3.47. The predicted octanol–water partition coefficient (Wildman–Crippen LogP) is 0.135. The van der Waals surface area contributed by atoms with Crippen molar-refractivity contribution in [1.82, 2.24) is 5.32 Å². The van der Waals surface area contributed by atoms with Crippen LogP contribution in [0.25, 0.3) is 10.4 Å². The number of hydrogen-bond acceptors (Lipinski definition) is 5. The van der Waals surface area contributed by atoms with E-state index in [-0.39, 0.29) is 25.5 Å². The summed E-state index contributed by atoms with van der Waals surface area (Å²) >= 11 is 0. The molecule has 0 heterocycles. The first kappa shape index (κ1) is 16.8. The van der Waals surface area contributed by atoms with E-state index >= 15 is 0 Å². The lowest BCUT2D eigenvalue weighted by Crippen LogP contribution is -2.28. The Morgan fingerprint density at radius 3 is 2.95 bits per heavy atom. The van der Waals surface area contributed by atoms with Gasteiger partial charge in [0.15, 0.2) is 0 Å². The van der Waals surface area contributed by atoms with Crippen LogP contribution in [0.4, 0.5) is 0 Å². The number of carboxylic acids is 1. The van der Waals surface area contributed by atoms with Gasteiger partial charge in [0.05, 0.1) is 12.8 Å². The number of carbonyl (C=O) groups excluding carboxylic acids is 1. The van der Waals surface area contributed by atoms with Crippen molar-refractivity contribution in [1.29, 1.82) is 0 Å². The highest BCUT2D eigenvalue weighted by Crippen LogP contribution is 1.90. The first-order chi connectivity index (χ1) is 9.07. The summed E-state index contributed by atoms with van der Waals surface area (Å²) in [5.74, 6) is -1.31. The zero-order chi connectivity index (χ0) is 14.5. The zero-order valence-electron chi connectivity index (χ0n) is 10.4. The number of aliphatic carboxylic acids is 1. The Hall–Kier alpha value is -2.25. The van der Waals surface area contributed by atoms with Crippen LogP contribution < -0.4 is 11.1 Å². The smallest absolute Gasteiger partial charge is 0.324 e. The molecule has 0 saturated carbocycles. The van der Waals surface area contributed by atoms with Crippen LogP contribution >= 0.6 is 0 Å². The summed E-state index contributed by atoms with van der Waals surface area (Å²) in [6, 6.07) is -1.10. The molecule has 1 unspecified atom stereocenters. The highest BCUT2D eigenvalue weighted by Gasteiger charge is 2.05. The van der Waals surface area contributed by atoms with E-state index < -0.39 is 12.0 Å². The van der Waals surface area contributed by atoms with Crippen LogP contribution in [0.15, 0.2) is 17.5 Å². The van der Waals surface area contributed by atoms with Gasteiger partial charge in [-0.3, -0.25) is 9.59 Å². The highest BCUT2D eigenvalue weighted by atomic mass is 16.5. The number of rotatable bonds is 10. The minimum Gasteiger partial charge on any atom is -0.500 e. The first-order valence-corrected chi connectivity index (χ1v) is 5.62. The molecule has 0 aliphatic carbocycles. The lowest BCUT2D eigenvalue weighted by molar-refractivity contribution is -0.137. The molecule has 9 nitrogen and oxygen atoms in total. The first-order valence-electron chi connectivity index (χ1n) is 5.62. The molecular formula is C10H17N5O4. The van der Waals surface area contributed by atoms with Gasteiger partial charge in [0.1, 0.15) is 12.6 Å². The van der Waals surface area contributed by atoms with Crippen molar-refractivity contribution >= 4 is 11.9 Å². The molecule has 9 heteroatoms. The largest absolute Gasteiger partial charge is 0.500 e. The average Bonchev–Trinajstić information content (AvgIpc) is 2.38. The minimum absolute atomic E-state index is 0.164. The lowest BCUT2D eigenvalue weighted by Gasteiger charge is -2.04. The van der Waals surface area contributed by atoms with Gasteiger partial charge in [-0.1, -0.05) is 5.11 Å². The second-order valence-corrected chi connectivity index (χ2v) is 3.47. The summed E-state index contributed by atoms with van der Waals surface area (Å²) in [5, 5.41) is 14.4. The zero-order valence-corrected chi connectivity index (χ0v) is 10.4. The molecule has 4 N–H and O–H groups in total. The summed E-state index contributed by atoms with van der Waals surface area (Å²) in [4.78, 5) is 24.1. The number of nitrogens with zero attached hydrogens (tertiary/aromatic N) is 3. The number of ether oxygens (including phenoxy) is 1. The van der Waals surface area contributed by atoms with E-state index in [0.29, 0.717) is 13.0 Å². The molecule has 106 valence electrons. The summed E-state index contributed by atoms with van der Waals surface area (Å²) < 4.78 is 4.94.